The molecule has 0 spiro atoms. The van der Waals surface area contributed by atoms with Gasteiger partial charge in [-0.2, -0.15) is 0 Å². The summed E-state index contributed by atoms with van der Waals surface area (Å²) in [5.74, 6) is 0. The highest BCUT2D eigenvalue weighted by Crippen LogP contribution is 2.49. The number of hydrogen-bond donors (Lipinski definition) is 1. The van der Waals surface area contributed by atoms with Crippen molar-refractivity contribution in [1.82, 2.24) is 0 Å². The Morgan fingerprint density at radius 1 is 1.04 bits per heavy atom. The second-order valence-electron chi connectivity index (χ2n) is 7.64. The van der Waals surface area contributed by atoms with E-state index in [0.717, 1.165) is 41.7 Å². The number of benzene rings is 2. The van der Waals surface area contributed by atoms with E-state index in [0.29, 0.717) is 11.3 Å². The van der Waals surface area contributed by atoms with Gasteiger partial charge in [0.1, 0.15) is 0 Å². The fraction of sp³-hybridized carbons (Fsp3) is 0.440. The summed E-state index contributed by atoms with van der Waals surface area (Å²) < 4.78 is 13.4. The molecule has 28 heavy (non-hydrogen) atoms. The average molecular weight is 399 g/mol. The van der Waals surface area contributed by atoms with Crippen LogP contribution < -0.4 is 0 Å². The van der Waals surface area contributed by atoms with Crippen LogP contribution in [0, 0.1) is 12.3 Å². The van der Waals surface area contributed by atoms with Crippen molar-refractivity contribution in [2.45, 2.75) is 70.3 Å². The Morgan fingerprint density at radius 2 is 1.68 bits per heavy atom. The van der Waals surface area contributed by atoms with Crippen LogP contribution in [0.15, 0.2) is 71.0 Å². The van der Waals surface area contributed by atoms with Crippen molar-refractivity contribution in [1.29, 1.82) is 0 Å². The Bertz CT molecular complexity index is 767. The van der Waals surface area contributed by atoms with Crippen LogP contribution in [-0.2, 0) is 10.8 Å². The van der Waals surface area contributed by atoms with Crippen LogP contribution in [0.25, 0.3) is 0 Å². The zero-order chi connectivity index (χ0) is 20.6. The minimum atomic E-state index is -1.36. The molecule has 0 heterocycles. The third-order valence-corrected chi connectivity index (χ3v) is 7.31. The van der Waals surface area contributed by atoms with E-state index >= 15 is 0 Å². The summed E-state index contributed by atoms with van der Waals surface area (Å²) in [5, 5.41) is 11.4. The number of unbranched alkanes of at least 4 members (excludes halogenated alkanes) is 3. The third-order valence-electron chi connectivity index (χ3n) is 5.76. The third kappa shape index (κ3) is 5.21. The van der Waals surface area contributed by atoms with Crippen LogP contribution in [0.4, 0.5) is 0 Å². The van der Waals surface area contributed by atoms with Crippen molar-refractivity contribution in [2.75, 3.05) is 0 Å². The van der Waals surface area contributed by atoms with Crippen LogP contribution in [0.1, 0.15) is 69.6 Å². The maximum atomic E-state index is 13.4. The fourth-order valence-corrected chi connectivity index (χ4v) is 5.20. The van der Waals surface area contributed by atoms with E-state index in [1.54, 1.807) is 0 Å². The van der Waals surface area contributed by atoms with E-state index < -0.39 is 22.3 Å². The first-order valence-electron chi connectivity index (χ1n) is 10.4. The molecule has 152 valence electrons. The molecular weight excluding hydrogens is 364 g/mol. The molecule has 3 heteroatoms. The van der Waals surface area contributed by atoms with E-state index in [9.17, 15) is 9.32 Å². The summed E-state index contributed by atoms with van der Waals surface area (Å²) in [4.78, 5) is 1.38. The molecule has 0 saturated heterocycles. The zero-order valence-electron chi connectivity index (χ0n) is 17.5. The molecule has 2 rings (SSSR count). The molecule has 2 aromatic rings. The molecule has 0 aliphatic carbocycles. The van der Waals surface area contributed by atoms with Gasteiger partial charge in [-0.1, -0.05) is 94.1 Å². The van der Waals surface area contributed by atoms with Gasteiger partial charge in [-0.3, -0.25) is 0 Å². The van der Waals surface area contributed by atoms with E-state index in [4.69, 9.17) is 0 Å². The van der Waals surface area contributed by atoms with Gasteiger partial charge in [0, 0.05) is 15.2 Å². The first-order chi connectivity index (χ1) is 13.5. The quantitative estimate of drug-likeness (QED) is 0.427. The van der Waals surface area contributed by atoms with Crippen LogP contribution in [0.5, 0.6) is 0 Å². The lowest BCUT2D eigenvalue weighted by atomic mass is 9.72. The predicted octanol–water partition coefficient (Wildman–Crippen LogP) is 6.72. The first kappa shape index (κ1) is 22.6. The number of rotatable bonds is 11. The van der Waals surface area contributed by atoms with Crippen LogP contribution in [0.3, 0.4) is 0 Å². The molecule has 0 aromatic heterocycles. The highest BCUT2D eigenvalue weighted by Gasteiger charge is 2.42. The van der Waals surface area contributed by atoms with Gasteiger partial charge < -0.3 is 5.11 Å². The van der Waals surface area contributed by atoms with Crippen LogP contribution in [-0.4, -0.2) is 9.32 Å². The minimum Gasteiger partial charge on any atom is -0.387 e. The zero-order valence-corrected chi connectivity index (χ0v) is 18.3. The number of hydrogen-bond acceptors (Lipinski definition) is 2. The van der Waals surface area contributed by atoms with Crippen molar-refractivity contribution < 1.29 is 9.32 Å². The Hall–Kier alpha value is -1.71. The van der Waals surface area contributed by atoms with Crippen molar-refractivity contribution in [3.05, 3.63) is 77.2 Å². The monoisotopic (exact) mass is 398 g/mol. The van der Waals surface area contributed by atoms with Gasteiger partial charge in [0.15, 0.2) is 0 Å². The van der Waals surface area contributed by atoms with Crippen molar-refractivity contribution in [3.8, 4) is 0 Å². The van der Waals surface area contributed by atoms with Crippen molar-refractivity contribution >= 4 is 10.8 Å². The number of aliphatic hydroxyl groups excluding tert-OH is 1. The molecule has 0 saturated carbocycles. The molecular formula is C25H34O2S. The van der Waals surface area contributed by atoms with Gasteiger partial charge >= 0.3 is 0 Å². The van der Waals surface area contributed by atoms with Crippen LogP contribution in [0.2, 0.25) is 0 Å². The molecule has 0 amide bonds. The standard InChI is InChI=1S/C25H34O2S/c1-5-7-8-12-19-25(6-2,24(26)22-13-10-9-11-14-22)21(4)28(27)23-17-15-20(3)16-18-23/h9-11,13-18,24,26H,4-8,12,19H2,1-3H3/t24-,25+,28?/m1/s1. The first-order valence-corrected chi connectivity index (χ1v) is 11.5. The summed E-state index contributed by atoms with van der Waals surface area (Å²) in [6.07, 6.45) is 5.22. The van der Waals surface area contributed by atoms with E-state index in [1.165, 1.54) is 6.42 Å². The minimum absolute atomic E-state index is 0.606. The normalized spacial score (nSPS) is 15.6. The lowest BCUT2D eigenvalue weighted by Gasteiger charge is -2.39. The molecule has 0 aliphatic heterocycles. The van der Waals surface area contributed by atoms with Crippen LogP contribution >= 0.6 is 0 Å². The summed E-state index contributed by atoms with van der Waals surface area (Å²) in [7, 11) is -1.36. The highest BCUT2D eigenvalue weighted by molar-refractivity contribution is 7.89. The number of aryl methyl sites for hydroxylation is 1. The Balaban J connectivity index is 2.38. The SMILES string of the molecule is C=C(S(=O)c1ccc(C)cc1)[C@](CC)(CCCCCC)[C@H](O)c1ccccc1. The molecule has 1 unspecified atom stereocenters. The van der Waals surface area contributed by atoms with Crippen molar-refractivity contribution in [2.24, 2.45) is 5.41 Å². The van der Waals surface area contributed by atoms with Gasteiger partial charge in [0.05, 0.1) is 16.9 Å². The summed E-state index contributed by atoms with van der Waals surface area (Å²) in [6, 6.07) is 17.5. The van der Waals surface area contributed by atoms with E-state index in [-0.39, 0.29) is 0 Å². The van der Waals surface area contributed by atoms with Crippen molar-refractivity contribution in [3.63, 3.8) is 0 Å². The second-order valence-corrected chi connectivity index (χ2v) is 9.14. The van der Waals surface area contributed by atoms with E-state index in [2.05, 4.69) is 20.4 Å². The molecule has 0 radical (unpaired) electrons. The average Bonchev–Trinajstić information content (AvgIpc) is 2.74. The Morgan fingerprint density at radius 3 is 2.25 bits per heavy atom. The Labute approximate surface area is 173 Å². The summed E-state index contributed by atoms with van der Waals surface area (Å²) in [6.45, 7) is 10.6. The lowest BCUT2D eigenvalue weighted by Crippen LogP contribution is -2.32. The second kappa shape index (κ2) is 10.7. The van der Waals surface area contributed by atoms with Gasteiger partial charge in [0.2, 0.25) is 0 Å². The fourth-order valence-electron chi connectivity index (χ4n) is 3.81. The molecule has 2 nitrogen and oxygen atoms in total. The Kier molecular flexibility index (Phi) is 8.65. The molecule has 3 atom stereocenters. The number of aliphatic hydroxyl groups is 1. The van der Waals surface area contributed by atoms with Gasteiger partial charge in [-0.05, 0) is 37.5 Å². The predicted molar refractivity (Wildman–Crippen MR) is 120 cm³/mol. The van der Waals surface area contributed by atoms with Gasteiger partial charge in [-0.15, -0.1) is 0 Å². The largest absolute Gasteiger partial charge is 0.387 e. The van der Waals surface area contributed by atoms with Gasteiger partial charge in [0.25, 0.3) is 0 Å². The topological polar surface area (TPSA) is 37.3 Å². The van der Waals surface area contributed by atoms with E-state index in [1.807, 2.05) is 61.5 Å². The summed E-state index contributed by atoms with van der Waals surface area (Å²) >= 11 is 0. The maximum absolute atomic E-state index is 13.4. The summed E-state index contributed by atoms with van der Waals surface area (Å²) in [5.41, 5.74) is 1.39. The molecule has 2 aromatic carbocycles. The molecule has 0 bridgehead atoms. The molecule has 0 fully saturated rings. The molecule has 1 N–H and O–H groups in total. The van der Waals surface area contributed by atoms with Gasteiger partial charge in [-0.25, -0.2) is 4.21 Å². The highest BCUT2D eigenvalue weighted by atomic mass is 32.2. The lowest BCUT2D eigenvalue weighted by molar-refractivity contribution is 0.0432. The smallest absolute Gasteiger partial charge is 0.0892 e. The molecule has 0 aliphatic rings. The maximum Gasteiger partial charge on any atom is 0.0892 e.